The lowest BCUT2D eigenvalue weighted by molar-refractivity contribution is 0.0691. The molecule has 2 heterocycles. The topological polar surface area (TPSA) is 101 Å². The molecule has 7 heteroatoms. The highest BCUT2D eigenvalue weighted by Gasteiger charge is 2.17. The van der Waals surface area contributed by atoms with Gasteiger partial charge in [0.15, 0.2) is 11.5 Å². The van der Waals surface area contributed by atoms with Crippen LogP contribution >= 0.6 is 0 Å². The molecule has 0 radical (unpaired) electrons. The van der Waals surface area contributed by atoms with Gasteiger partial charge >= 0.3 is 5.97 Å². The van der Waals surface area contributed by atoms with Crippen molar-refractivity contribution in [2.45, 2.75) is 19.9 Å². The van der Waals surface area contributed by atoms with Gasteiger partial charge < -0.3 is 14.8 Å². The molecule has 0 saturated carbocycles. The number of carbonyl (C=O) groups is 1. The lowest BCUT2D eigenvalue weighted by atomic mass is 10.3. The maximum atomic E-state index is 11.0. The van der Waals surface area contributed by atoms with E-state index in [0.717, 1.165) is 0 Å². The van der Waals surface area contributed by atoms with Crippen molar-refractivity contribution in [3.63, 3.8) is 0 Å². The lowest BCUT2D eigenvalue weighted by Gasteiger charge is -2.11. The molecule has 2 aromatic heterocycles. The minimum Gasteiger partial charge on any atom is -0.476 e. The van der Waals surface area contributed by atoms with Crippen molar-refractivity contribution >= 4 is 11.8 Å². The van der Waals surface area contributed by atoms with Gasteiger partial charge in [0.05, 0.1) is 6.20 Å². The van der Waals surface area contributed by atoms with Gasteiger partial charge in [0.2, 0.25) is 5.89 Å². The second-order valence-electron chi connectivity index (χ2n) is 3.73. The number of oxazole rings is 1. The Hall–Kier alpha value is -2.44. The summed E-state index contributed by atoms with van der Waals surface area (Å²) in [4.78, 5) is 22.7. The van der Waals surface area contributed by atoms with Gasteiger partial charge in [-0.3, -0.25) is 0 Å². The molecule has 2 aromatic rings. The van der Waals surface area contributed by atoms with Gasteiger partial charge in [0.1, 0.15) is 11.8 Å². The molecule has 1 atom stereocenters. The van der Waals surface area contributed by atoms with Gasteiger partial charge in [-0.15, -0.1) is 0 Å². The van der Waals surface area contributed by atoms with E-state index in [1.54, 1.807) is 20.0 Å². The van der Waals surface area contributed by atoms with E-state index < -0.39 is 5.97 Å². The van der Waals surface area contributed by atoms with Crippen LogP contribution in [0, 0.1) is 6.92 Å². The smallest absolute Gasteiger partial charge is 0.358 e. The maximum Gasteiger partial charge on any atom is 0.358 e. The predicted octanol–water partition coefficient (Wildman–Crippen LogP) is 1.64. The molecular formula is C11H12N4O3. The number of carboxylic acid groups (broad SMARTS) is 1. The maximum absolute atomic E-state index is 11.0. The van der Waals surface area contributed by atoms with Crippen LogP contribution in [-0.4, -0.2) is 26.0 Å². The summed E-state index contributed by atoms with van der Waals surface area (Å²) in [6.45, 7) is 3.58. The number of rotatable bonds is 4. The number of aromatic nitrogens is 3. The molecule has 0 spiro atoms. The molecule has 7 nitrogen and oxygen atoms in total. The Morgan fingerprint density at radius 3 is 2.72 bits per heavy atom. The molecule has 0 aliphatic carbocycles. The second-order valence-corrected chi connectivity index (χ2v) is 3.73. The molecule has 0 amide bonds. The van der Waals surface area contributed by atoms with Crippen molar-refractivity contribution in [2.24, 2.45) is 0 Å². The number of hydrogen-bond donors (Lipinski definition) is 2. The van der Waals surface area contributed by atoms with Crippen LogP contribution in [0.15, 0.2) is 23.0 Å². The number of nitrogens with zero attached hydrogens (tertiary/aromatic N) is 3. The van der Waals surface area contributed by atoms with E-state index in [-0.39, 0.29) is 17.6 Å². The fraction of sp³-hybridized carbons (Fsp3) is 0.273. The van der Waals surface area contributed by atoms with Crippen molar-refractivity contribution in [1.29, 1.82) is 0 Å². The summed E-state index contributed by atoms with van der Waals surface area (Å²) < 4.78 is 5.35. The van der Waals surface area contributed by atoms with Crippen molar-refractivity contribution in [2.75, 3.05) is 5.32 Å². The molecule has 0 saturated heterocycles. The Balaban J connectivity index is 2.21. The highest BCUT2D eigenvalue weighted by atomic mass is 16.4. The van der Waals surface area contributed by atoms with Crippen LogP contribution in [0.1, 0.15) is 35.1 Å². The van der Waals surface area contributed by atoms with E-state index in [9.17, 15) is 4.79 Å². The Morgan fingerprint density at radius 1 is 1.39 bits per heavy atom. The summed E-state index contributed by atoms with van der Waals surface area (Å²) >= 11 is 0. The fourth-order valence-electron chi connectivity index (χ4n) is 1.44. The largest absolute Gasteiger partial charge is 0.476 e. The standard InChI is InChI=1S/C11H12N4O3/c1-6-5-14-10(18-6)7(2)15-9-8(11(16)17)12-3-4-13-9/h3-5,7H,1-2H3,(H,13,15)(H,16,17). The van der Waals surface area contributed by atoms with Crippen LogP contribution in [0.25, 0.3) is 0 Å². The summed E-state index contributed by atoms with van der Waals surface area (Å²) in [5.74, 6) is 0.209. The van der Waals surface area contributed by atoms with Crippen LogP contribution in [0.5, 0.6) is 0 Å². The molecule has 1 unspecified atom stereocenters. The first-order valence-corrected chi connectivity index (χ1v) is 5.31. The number of anilines is 1. The van der Waals surface area contributed by atoms with Crippen LogP contribution in [-0.2, 0) is 0 Å². The van der Waals surface area contributed by atoms with Crippen LogP contribution in [0.2, 0.25) is 0 Å². The molecule has 2 N–H and O–H groups in total. The number of nitrogens with one attached hydrogen (secondary N) is 1. The number of aromatic carboxylic acids is 1. The molecule has 0 aliphatic rings. The molecule has 94 valence electrons. The van der Waals surface area contributed by atoms with E-state index in [4.69, 9.17) is 9.52 Å². The quantitative estimate of drug-likeness (QED) is 0.848. The summed E-state index contributed by atoms with van der Waals surface area (Å²) in [7, 11) is 0. The van der Waals surface area contributed by atoms with Gasteiger partial charge in [-0.2, -0.15) is 0 Å². The predicted molar refractivity (Wildman–Crippen MR) is 62.3 cm³/mol. The fourth-order valence-corrected chi connectivity index (χ4v) is 1.44. The van der Waals surface area contributed by atoms with Crippen LogP contribution in [0.4, 0.5) is 5.82 Å². The second kappa shape index (κ2) is 4.82. The van der Waals surface area contributed by atoms with E-state index in [2.05, 4.69) is 20.3 Å². The molecule has 18 heavy (non-hydrogen) atoms. The first kappa shape index (κ1) is 12.0. The van der Waals surface area contributed by atoms with Crippen molar-refractivity contribution in [1.82, 2.24) is 15.0 Å². The lowest BCUT2D eigenvalue weighted by Crippen LogP contribution is -2.13. The monoisotopic (exact) mass is 248 g/mol. The average molecular weight is 248 g/mol. The summed E-state index contributed by atoms with van der Waals surface area (Å²) in [5.41, 5.74) is -0.132. The number of carboxylic acids is 1. The van der Waals surface area contributed by atoms with Gasteiger partial charge in [-0.1, -0.05) is 0 Å². The van der Waals surface area contributed by atoms with Crippen LogP contribution < -0.4 is 5.32 Å². The number of hydrogen-bond acceptors (Lipinski definition) is 6. The Bertz CT molecular complexity index is 567. The van der Waals surface area contributed by atoms with Gasteiger partial charge in [-0.25, -0.2) is 19.7 Å². The summed E-state index contributed by atoms with van der Waals surface area (Å²) in [6, 6.07) is -0.298. The SMILES string of the molecule is Cc1cnc(C(C)Nc2nccnc2C(=O)O)o1. The van der Waals surface area contributed by atoms with E-state index >= 15 is 0 Å². The summed E-state index contributed by atoms with van der Waals surface area (Å²) in [6.07, 6.45) is 4.35. The van der Waals surface area contributed by atoms with E-state index in [1.165, 1.54) is 12.4 Å². The van der Waals surface area contributed by atoms with Crippen molar-refractivity contribution in [3.05, 3.63) is 35.9 Å². The Labute approximate surface area is 103 Å². The first-order chi connectivity index (χ1) is 8.58. The highest BCUT2D eigenvalue weighted by molar-refractivity contribution is 5.90. The molecular weight excluding hydrogens is 236 g/mol. The number of aryl methyl sites for hydroxylation is 1. The molecule has 0 fully saturated rings. The zero-order valence-corrected chi connectivity index (χ0v) is 9.91. The average Bonchev–Trinajstić information content (AvgIpc) is 2.76. The molecule has 0 aromatic carbocycles. The van der Waals surface area contributed by atoms with Crippen molar-refractivity contribution in [3.8, 4) is 0 Å². The Morgan fingerprint density at radius 2 is 2.11 bits per heavy atom. The van der Waals surface area contributed by atoms with Gasteiger partial charge in [0, 0.05) is 12.4 Å². The first-order valence-electron chi connectivity index (χ1n) is 5.31. The van der Waals surface area contributed by atoms with Crippen molar-refractivity contribution < 1.29 is 14.3 Å². The highest BCUT2D eigenvalue weighted by Crippen LogP contribution is 2.19. The third-order valence-corrected chi connectivity index (χ3v) is 2.26. The summed E-state index contributed by atoms with van der Waals surface area (Å²) in [5, 5.41) is 11.9. The van der Waals surface area contributed by atoms with E-state index in [1.807, 2.05) is 0 Å². The third-order valence-electron chi connectivity index (χ3n) is 2.26. The molecule has 2 rings (SSSR count). The van der Waals surface area contributed by atoms with E-state index in [0.29, 0.717) is 11.7 Å². The molecule has 0 bridgehead atoms. The van der Waals surface area contributed by atoms with Gasteiger partial charge in [0.25, 0.3) is 0 Å². The Kier molecular flexibility index (Phi) is 3.22. The zero-order valence-electron chi connectivity index (χ0n) is 9.91. The zero-order chi connectivity index (χ0) is 13.1. The minimum absolute atomic E-state index is 0.132. The third kappa shape index (κ3) is 2.45. The molecule has 0 aliphatic heterocycles. The van der Waals surface area contributed by atoms with Gasteiger partial charge in [-0.05, 0) is 13.8 Å². The van der Waals surface area contributed by atoms with Crippen LogP contribution in [0.3, 0.4) is 0 Å². The minimum atomic E-state index is -1.14. The normalized spacial score (nSPS) is 12.1.